The van der Waals surface area contributed by atoms with Gasteiger partial charge in [-0.05, 0) is 43.3 Å². The number of hydrogen-bond donors (Lipinski definition) is 1. The van der Waals surface area contributed by atoms with Gasteiger partial charge in [-0.15, -0.1) is 0 Å². The molecule has 0 bridgehead atoms. The van der Waals surface area contributed by atoms with E-state index in [9.17, 15) is 26.3 Å². The molecule has 2 aromatic carbocycles. The molecule has 0 aliphatic rings. The molecule has 142 valence electrons. The smallest absolute Gasteiger partial charge is 0.381 e. The van der Waals surface area contributed by atoms with Gasteiger partial charge in [0.2, 0.25) is 0 Å². The van der Waals surface area contributed by atoms with E-state index in [1.54, 1.807) is 0 Å². The van der Waals surface area contributed by atoms with E-state index in [-0.39, 0.29) is 29.2 Å². The molecule has 1 aromatic heterocycles. The van der Waals surface area contributed by atoms with E-state index in [2.05, 4.69) is 10.4 Å². The van der Waals surface area contributed by atoms with E-state index in [1.807, 2.05) is 0 Å². The van der Waals surface area contributed by atoms with Crippen LogP contribution in [0.25, 0.3) is 5.69 Å². The van der Waals surface area contributed by atoms with Crippen molar-refractivity contribution in [3.63, 3.8) is 0 Å². The summed E-state index contributed by atoms with van der Waals surface area (Å²) in [5, 5.41) is 6.07. The molecule has 3 aromatic rings. The van der Waals surface area contributed by atoms with Crippen molar-refractivity contribution in [2.75, 3.05) is 5.32 Å². The molecule has 0 spiro atoms. The summed E-state index contributed by atoms with van der Waals surface area (Å²) in [4.78, 5) is 0. The monoisotopic (exact) mass is 385 g/mol. The first-order chi connectivity index (χ1) is 12.7. The van der Waals surface area contributed by atoms with Gasteiger partial charge in [0.05, 0.1) is 0 Å². The van der Waals surface area contributed by atoms with Gasteiger partial charge in [-0.3, -0.25) is 0 Å². The third-order valence-corrected chi connectivity index (χ3v) is 3.88. The fourth-order valence-corrected chi connectivity index (χ4v) is 2.54. The zero-order chi connectivity index (χ0) is 19.8. The number of nitrogens with one attached hydrogen (secondary N) is 1. The average molecular weight is 385 g/mol. The maximum Gasteiger partial charge on any atom is 0.435 e. The summed E-state index contributed by atoms with van der Waals surface area (Å²) in [5.41, 5.74) is -1.20. The summed E-state index contributed by atoms with van der Waals surface area (Å²) in [6.45, 7) is 1.14. The fraction of sp³-hybridized carbons (Fsp3) is 0.167. The summed E-state index contributed by atoms with van der Waals surface area (Å²) < 4.78 is 80.7. The van der Waals surface area contributed by atoms with Crippen LogP contribution in [0.2, 0.25) is 0 Å². The van der Waals surface area contributed by atoms with Gasteiger partial charge in [0, 0.05) is 23.5 Å². The van der Waals surface area contributed by atoms with Crippen molar-refractivity contribution >= 4 is 5.69 Å². The van der Waals surface area contributed by atoms with Crippen molar-refractivity contribution in [3.8, 4) is 5.69 Å². The molecule has 1 N–H and O–H groups in total. The molecule has 3 rings (SSSR count). The lowest BCUT2D eigenvalue weighted by Crippen LogP contribution is -2.09. The van der Waals surface area contributed by atoms with Gasteiger partial charge in [-0.1, -0.05) is 6.07 Å². The molecule has 0 atom stereocenters. The number of halogens is 6. The molecule has 0 fully saturated rings. The standard InChI is InChI=1S/C18H13F6N3/c1-10-7-17(18(22,23)24)26-27(10)16-6-5-11(8-15(16)21)25-9-12-13(19)3-2-4-14(12)20/h2-8,25H,9H2,1H3. The highest BCUT2D eigenvalue weighted by Gasteiger charge is 2.34. The van der Waals surface area contributed by atoms with Crippen molar-refractivity contribution in [1.29, 1.82) is 0 Å². The van der Waals surface area contributed by atoms with Gasteiger partial charge in [-0.25, -0.2) is 17.9 Å². The first-order valence-corrected chi connectivity index (χ1v) is 7.77. The van der Waals surface area contributed by atoms with Crippen molar-refractivity contribution in [3.05, 3.63) is 76.9 Å². The maximum absolute atomic E-state index is 14.4. The van der Waals surface area contributed by atoms with Crippen LogP contribution in [0.5, 0.6) is 0 Å². The summed E-state index contributed by atoms with van der Waals surface area (Å²) in [6, 6.07) is 7.87. The third-order valence-electron chi connectivity index (χ3n) is 3.88. The predicted molar refractivity (Wildman–Crippen MR) is 86.9 cm³/mol. The van der Waals surface area contributed by atoms with Crippen LogP contribution in [0.4, 0.5) is 32.0 Å². The molecule has 3 nitrogen and oxygen atoms in total. The van der Waals surface area contributed by atoms with E-state index in [4.69, 9.17) is 0 Å². The second-order valence-corrected chi connectivity index (χ2v) is 5.80. The zero-order valence-electron chi connectivity index (χ0n) is 13.9. The van der Waals surface area contributed by atoms with Crippen LogP contribution in [0, 0.1) is 24.4 Å². The Morgan fingerprint density at radius 2 is 1.63 bits per heavy atom. The molecule has 0 unspecified atom stereocenters. The summed E-state index contributed by atoms with van der Waals surface area (Å²) in [7, 11) is 0. The Morgan fingerprint density at radius 3 is 2.19 bits per heavy atom. The lowest BCUT2D eigenvalue weighted by molar-refractivity contribution is -0.141. The molecule has 0 aliphatic heterocycles. The lowest BCUT2D eigenvalue weighted by Gasteiger charge is -2.11. The van der Waals surface area contributed by atoms with E-state index in [1.165, 1.54) is 25.1 Å². The molecule has 27 heavy (non-hydrogen) atoms. The van der Waals surface area contributed by atoms with E-state index in [0.29, 0.717) is 0 Å². The van der Waals surface area contributed by atoms with Crippen LogP contribution in [0.1, 0.15) is 17.0 Å². The Bertz CT molecular complexity index is 957. The number of benzene rings is 2. The molecule has 0 aliphatic carbocycles. The molecule has 9 heteroatoms. The van der Waals surface area contributed by atoms with Gasteiger partial charge in [0.1, 0.15) is 17.3 Å². The Labute approximate surface area is 150 Å². The minimum atomic E-state index is -4.64. The Hall–Kier alpha value is -2.97. The number of anilines is 1. The highest BCUT2D eigenvalue weighted by molar-refractivity contribution is 5.50. The van der Waals surface area contributed by atoms with E-state index in [0.717, 1.165) is 28.9 Å². The zero-order valence-corrected chi connectivity index (χ0v) is 13.9. The van der Waals surface area contributed by atoms with Gasteiger partial charge in [0.25, 0.3) is 0 Å². The molecular weight excluding hydrogens is 372 g/mol. The topological polar surface area (TPSA) is 29.9 Å². The van der Waals surface area contributed by atoms with Crippen LogP contribution < -0.4 is 5.32 Å². The maximum atomic E-state index is 14.4. The minimum Gasteiger partial charge on any atom is -0.381 e. The Morgan fingerprint density at radius 1 is 0.963 bits per heavy atom. The molecular formula is C18H13F6N3. The SMILES string of the molecule is Cc1cc(C(F)(F)F)nn1-c1ccc(NCc2c(F)cccc2F)cc1F. The summed E-state index contributed by atoms with van der Waals surface area (Å²) in [6.07, 6.45) is -4.64. The summed E-state index contributed by atoms with van der Waals surface area (Å²) in [5.74, 6) is -2.33. The van der Waals surface area contributed by atoms with Gasteiger partial charge < -0.3 is 5.32 Å². The molecule has 0 amide bonds. The second kappa shape index (κ2) is 6.98. The van der Waals surface area contributed by atoms with Crippen LogP contribution in [0.3, 0.4) is 0 Å². The highest BCUT2D eigenvalue weighted by Crippen LogP contribution is 2.30. The van der Waals surface area contributed by atoms with Crippen LogP contribution in [-0.4, -0.2) is 9.78 Å². The number of aromatic nitrogens is 2. The largest absolute Gasteiger partial charge is 0.435 e. The van der Waals surface area contributed by atoms with E-state index >= 15 is 0 Å². The van der Waals surface area contributed by atoms with Gasteiger partial charge in [-0.2, -0.15) is 18.3 Å². The van der Waals surface area contributed by atoms with Crippen molar-refractivity contribution in [2.45, 2.75) is 19.6 Å². The van der Waals surface area contributed by atoms with Gasteiger partial charge in [0.15, 0.2) is 11.5 Å². The number of rotatable bonds is 4. The quantitative estimate of drug-likeness (QED) is 0.624. The number of alkyl halides is 3. The van der Waals surface area contributed by atoms with Crippen molar-refractivity contribution in [1.82, 2.24) is 9.78 Å². The minimum absolute atomic E-state index is 0.107. The van der Waals surface area contributed by atoms with Crippen molar-refractivity contribution in [2.24, 2.45) is 0 Å². The predicted octanol–water partition coefficient (Wildman–Crippen LogP) is 5.23. The second-order valence-electron chi connectivity index (χ2n) is 5.80. The van der Waals surface area contributed by atoms with Crippen molar-refractivity contribution < 1.29 is 26.3 Å². The molecule has 0 radical (unpaired) electrons. The highest BCUT2D eigenvalue weighted by atomic mass is 19.4. The number of hydrogen-bond acceptors (Lipinski definition) is 2. The van der Waals surface area contributed by atoms with Crippen LogP contribution in [0.15, 0.2) is 42.5 Å². The number of nitrogens with zero attached hydrogens (tertiary/aromatic N) is 2. The number of aryl methyl sites for hydroxylation is 1. The normalized spacial score (nSPS) is 11.7. The lowest BCUT2D eigenvalue weighted by atomic mass is 10.2. The third kappa shape index (κ3) is 3.91. The first kappa shape index (κ1) is 18.8. The Balaban J connectivity index is 1.83. The van der Waals surface area contributed by atoms with E-state index < -0.39 is 29.3 Å². The first-order valence-electron chi connectivity index (χ1n) is 7.77. The van der Waals surface area contributed by atoms with Gasteiger partial charge >= 0.3 is 6.18 Å². The molecule has 0 saturated heterocycles. The average Bonchev–Trinajstić information content (AvgIpc) is 2.96. The fourth-order valence-electron chi connectivity index (χ4n) is 2.54. The Kier molecular flexibility index (Phi) is 4.86. The molecule has 0 saturated carbocycles. The summed E-state index contributed by atoms with van der Waals surface area (Å²) >= 11 is 0. The van der Waals surface area contributed by atoms with Crippen LogP contribution >= 0.6 is 0 Å². The molecule has 1 heterocycles. The van der Waals surface area contributed by atoms with Crippen LogP contribution in [-0.2, 0) is 12.7 Å².